The van der Waals surface area contributed by atoms with E-state index in [-0.39, 0.29) is 12.0 Å². The van der Waals surface area contributed by atoms with Crippen LogP contribution in [0.4, 0.5) is 0 Å². The zero-order valence-corrected chi connectivity index (χ0v) is 15.8. The van der Waals surface area contributed by atoms with Crippen molar-refractivity contribution in [3.63, 3.8) is 0 Å². The number of benzene rings is 1. The average Bonchev–Trinajstić information content (AvgIpc) is 2.71. The molecule has 4 N–H and O–H groups in total. The lowest BCUT2D eigenvalue weighted by atomic mass is 10.1. The third-order valence-corrected chi connectivity index (χ3v) is 4.91. The van der Waals surface area contributed by atoms with Crippen molar-refractivity contribution in [3.05, 3.63) is 53.7 Å². The Balaban J connectivity index is 1.47. The van der Waals surface area contributed by atoms with Gasteiger partial charge in [0, 0.05) is 30.4 Å². The maximum absolute atomic E-state index is 12.3. The standard InChI is InChI=1S/C21H26N4O3/c22-20(27)17-8-9-19(24-13-17)15-4-6-16(7-5-15)21(28)23-10-2-12-25-11-1-3-18(26)14-25/h4-9,13,18,26H,1-3,10-12,14H2,(H2,22,27)(H,23,28). The van der Waals surface area contributed by atoms with E-state index in [0.717, 1.165) is 44.5 Å². The third kappa shape index (κ3) is 5.37. The van der Waals surface area contributed by atoms with Crippen molar-refractivity contribution in [2.24, 2.45) is 5.73 Å². The van der Waals surface area contributed by atoms with Crippen molar-refractivity contribution in [2.45, 2.75) is 25.4 Å². The summed E-state index contributed by atoms with van der Waals surface area (Å²) in [6.07, 6.45) is 3.99. The Morgan fingerprint density at radius 3 is 2.57 bits per heavy atom. The first-order valence-electron chi connectivity index (χ1n) is 9.58. The summed E-state index contributed by atoms with van der Waals surface area (Å²) in [4.78, 5) is 29.9. The van der Waals surface area contributed by atoms with Crippen LogP contribution in [0.2, 0.25) is 0 Å². The molecule has 1 aliphatic heterocycles. The molecule has 0 bridgehead atoms. The van der Waals surface area contributed by atoms with E-state index in [2.05, 4.69) is 15.2 Å². The van der Waals surface area contributed by atoms with Gasteiger partial charge in [0.05, 0.1) is 17.4 Å². The minimum Gasteiger partial charge on any atom is -0.392 e. The van der Waals surface area contributed by atoms with Crippen molar-refractivity contribution in [3.8, 4) is 11.3 Å². The lowest BCUT2D eigenvalue weighted by Crippen LogP contribution is -2.39. The summed E-state index contributed by atoms with van der Waals surface area (Å²) in [5, 5.41) is 12.6. The fourth-order valence-electron chi connectivity index (χ4n) is 3.34. The Morgan fingerprint density at radius 1 is 1.18 bits per heavy atom. The minimum atomic E-state index is -0.512. The second-order valence-electron chi connectivity index (χ2n) is 7.08. The first-order valence-corrected chi connectivity index (χ1v) is 9.58. The molecule has 2 amide bonds. The number of hydrogen-bond acceptors (Lipinski definition) is 5. The number of aliphatic hydroxyl groups excluding tert-OH is 1. The molecule has 0 saturated carbocycles. The molecular weight excluding hydrogens is 356 g/mol. The zero-order chi connectivity index (χ0) is 19.9. The van der Waals surface area contributed by atoms with Gasteiger partial charge in [0.2, 0.25) is 5.91 Å². The maximum Gasteiger partial charge on any atom is 0.251 e. The van der Waals surface area contributed by atoms with Gasteiger partial charge < -0.3 is 21.1 Å². The molecule has 1 fully saturated rings. The Morgan fingerprint density at radius 2 is 1.93 bits per heavy atom. The topological polar surface area (TPSA) is 109 Å². The van der Waals surface area contributed by atoms with Crippen LogP contribution in [0.3, 0.4) is 0 Å². The highest BCUT2D eigenvalue weighted by molar-refractivity contribution is 5.94. The van der Waals surface area contributed by atoms with Crippen molar-refractivity contribution in [1.82, 2.24) is 15.2 Å². The average molecular weight is 382 g/mol. The smallest absolute Gasteiger partial charge is 0.251 e. The quantitative estimate of drug-likeness (QED) is 0.628. The summed E-state index contributed by atoms with van der Waals surface area (Å²) >= 11 is 0. The van der Waals surface area contributed by atoms with Crippen molar-refractivity contribution < 1.29 is 14.7 Å². The molecule has 1 aromatic heterocycles. The number of amides is 2. The first-order chi connectivity index (χ1) is 13.5. The molecule has 0 spiro atoms. The van der Waals surface area contributed by atoms with E-state index in [9.17, 15) is 14.7 Å². The molecule has 2 heterocycles. The van der Waals surface area contributed by atoms with Crippen LogP contribution >= 0.6 is 0 Å². The Labute approximate surface area is 164 Å². The Kier molecular flexibility index (Phi) is 6.73. The van der Waals surface area contributed by atoms with Gasteiger partial charge >= 0.3 is 0 Å². The number of aromatic nitrogens is 1. The second kappa shape index (κ2) is 9.43. The van der Waals surface area contributed by atoms with Gasteiger partial charge in [-0.25, -0.2) is 0 Å². The van der Waals surface area contributed by atoms with Gasteiger partial charge in [0.1, 0.15) is 0 Å². The van der Waals surface area contributed by atoms with E-state index in [1.807, 2.05) is 12.1 Å². The van der Waals surface area contributed by atoms with E-state index < -0.39 is 5.91 Å². The number of nitrogens with one attached hydrogen (secondary N) is 1. The summed E-state index contributed by atoms with van der Waals surface area (Å²) in [6, 6.07) is 10.5. The van der Waals surface area contributed by atoms with Gasteiger partial charge in [-0.3, -0.25) is 14.6 Å². The summed E-state index contributed by atoms with van der Waals surface area (Å²) in [6.45, 7) is 3.22. The highest BCUT2D eigenvalue weighted by Crippen LogP contribution is 2.18. The number of likely N-dealkylation sites (tertiary alicyclic amines) is 1. The van der Waals surface area contributed by atoms with Crippen molar-refractivity contribution >= 4 is 11.8 Å². The predicted molar refractivity (Wildman–Crippen MR) is 107 cm³/mol. The number of β-amino-alcohol motifs (C(OH)–C–C–N with tert-alkyl or cyclic N) is 1. The zero-order valence-electron chi connectivity index (χ0n) is 15.8. The predicted octanol–water partition coefficient (Wildman–Crippen LogP) is 1.42. The molecule has 1 aromatic carbocycles. The van der Waals surface area contributed by atoms with Crippen LogP contribution in [0.1, 0.15) is 40.0 Å². The van der Waals surface area contributed by atoms with Crippen LogP contribution < -0.4 is 11.1 Å². The molecule has 1 unspecified atom stereocenters. The van der Waals surface area contributed by atoms with E-state index >= 15 is 0 Å². The highest BCUT2D eigenvalue weighted by Gasteiger charge is 2.16. The number of carbonyl (C=O) groups excluding carboxylic acids is 2. The molecule has 28 heavy (non-hydrogen) atoms. The van der Waals surface area contributed by atoms with E-state index in [1.54, 1.807) is 24.3 Å². The third-order valence-electron chi connectivity index (χ3n) is 4.91. The largest absolute Gasteiger partial charge is 0.392 e. The summed E-state index contributed by atoms with van der Waals surface area (Å²) in [5.74, 6) is -0.621. The number of nitrogens with two attached hydrogens (primary N) is 1. The van der Waals surface area contributed by atoms with Crippen LogP contribution in [0.25, 0.3) is 11.3 Å². The summed E-state index contributed by atoms with van der Waals surface area (Å²) in [5.41, 5.74) is 7.73. The molecule has 148 valence electrons. The number of carbonyl (C=O) groups is 2. The van der Waals surface area contributed by atoms with Crippen LogP contribution in [-0.4, -0.2) is 59.1 Å². The fourth-order valence-corrected chi connectivity index (χ4v) is 3.34. The van der Waals surface area contributed by atoms with E-state index in [4.69, 9.17) is 5.73 Å². The molecule has 2 aromatic rings. The number of pyridine rings is 1. The Bertz CT molecular complexity index is 805. The Hall–Kier alpha value is -2.77. The van der Waals surface area contributed by atoms with Gasteiger partial charge in [-0.15, -0.1) is 0 Å². The fraction of sp³-hybridized carbons (Fsp3) is 0.381. The molecule has 1 atom stereocenters. The molecule has 1 saturated heterocycles. The lowest BCUT2D eigenvalue weighted by molar-refractivity contribution is 0.0697. The number of aliphatic hydroxyl groups is 1. The number of hydrogen-bond donors (Lipinski definition) is 3. The molecular formula is C21H26N4O3. The van der Waals surface area contributed by atoms with Gasteiger partial charge in [-0.2, -0.15) is 0 Å². The summed E-state index contributed by atoms with van der Waals surface area (Å²) in [7, 11) is 0. The highest BCUT2D eigenvalue weighted by atomic mass is 16.3. The van der Waals surface area contributed by atoms with Crippen LogP contribution in [0, 0.1) is 0 Å². The lowest BCUT2D eigenvalue weighted by Gasteiger charge is -2.29. The van der Waals surface area contributed by atoms with Crippen LogP contribution in [0.5, 0.6) is 0 Å². The number of nitrogens with zero attached hydrogens (tertiary/aromatic N) is 2. The minimum absolute atomic E-state index is 0.109. The maximum atomic E-state index is 12.3. The van der Waals surface area contributed by atoms with Gasteiger partial charge in [0.25, 0.3) is 5.91 Å². The molecule has 0 aliphatic carbocycles. The van der Waals surface area contributed by atoms with Gasteiger partial charge in [-0.05, 0) is 56.6 Å². The number of piperidine rings is 1. The SMILES string of the molecule is NC(=O)c1ccc(-c2ccc(C(=O)NCCCN3CCCC(O)C3)cc2)nc1. The first kappa shape index (κ1) is 20.0. The number of rotatable bonds is 7. The molecule has 1 aliphatic rings. The molecule has 3 rings (SSSR count). The van der Waals surface area contributed by atoms with Crippen molar-refractivity contribution in [1.29, 1.82) is 0 Å². The number of primary amides is 1. The molecule has 0 radical (unpaired) electrons. The summed E-state index contributed by atoms with van der Waals surface area (Å²) < 4.78 is 0. The van der Waals surface area contributed by atoms with E-state index in [1.165, 1.54) is 6.20 Å². The molecule has 7 heteroatoms. The normalized spacial score (nSPS) is 17.2. The van der Waals surface area contributed by atoms with Crippen LogP contribution in [0.15, 0.2) is 42.6 Å². The monoisotopic (exact) mass is 382 g/mol. The van der Waals surface area contributed by atoms with E-state index in [0.29, 0.717) is 23.4 Å². The van der Waals surface area contributed by atoms with Gasteiger partial charge in [-0.1, -0.05) is 12.1 Å². The van der Waals surface area contributed by atoms with Crippen molar-refractivity contribution in [2.75, 3.05) is 26.2 Å². The van der Waals surface area contributed by atoms with Crippen LogP contribution in [-0.2, 0) is 0 Å². The second-order valence-corrected chi connectivity index (χ2v) is 7.08. The molecule has 7 nitrogen and oxygen atoms in total. The van der Waals surface area contributed by atoms with Gasteiger partial charge in [0.15, 0.2) is 0 Å².